The number of amides is 1. The first-order valence-electron chi connectivity index (χ1n) is 5.77. The molecule has 19 heavy (non-hydrogen) atoms. The molecule has 0 radical (unpaired) electrons. The van der Waals surface area contributed by atoms with Crippen LogP contribution in [0.25, 0.3) is 0 Å². The van der Waals surface area contributed by atoms with Gasteiger partial charge >= 0.3 is 0 Å². The van der Waals surface area contributed by atoms with Gasteiger partial charge in [0.1, 0.15) is 0 Å². The molecule has 0 fully saturated rings. The number of nitro benzene ring substituents is 1. The van der Waals surface area contributed by atoms with Gasteiger partial charge in [0.25, 0.3) is 11.6 Å². The third-order valence-corrected chi connectivity index (χ3v) is 3.58. The summed E-state index contributed by atoms with van der Waals surface area (Å²) in [6.07, 6.45) is 3.47. The van der Waals surface area contributed by atoms with Crippen LogP contribution >= 0.6 is 22.6 Å². The Morgan fingerprint density at radius 3 is 2.84 bits per heavy atom. The molecule has 0 aliphatic heterocycles. The number of hydrogen-bond donors (Lipinski definition) is 0. The van der Waals surface area contributed by atoms with E-state index >= 15 is 0 Å². The second kappa shape index (κ2) is 7.22. The number of benzene rings is 1. The first-order valence-corrected chi connectivity index (χ1v) is 6.85. The molecule has 1 amide bonds. The standard InChI is InChI=1S/C13H15IN2O3/c1-3-4-5-8-15(2)13(17)11-9-10(16(18)19)6-7-12(11)14/h3,6-7,9H,1,4-5,8H2,2H3. The number of nitro groups is 1. The lowest BCUT2D eigenvalue weighted by atomic mass is 10.1. The molecule has 102 valence electrons. The maximum absolute atomic E-state index is 12.2. The van der Waals surface area contributed by atoms with Crippen LogP contribution in [0.3, 0.4) is 0 Å². The predicted molar refractivity (Wildman–Crippen MR) is 82.2 cm³/mol. The zero-order chi connectivity index (χ0) is 14.4. The minimum absolute atomic E-state index is 0.0664. The van der Waals surface area contributed by atoms with Crippen molar-refractivity contribution in [1.82, 2.24) is 4.90 Å². The molecule has 0 heterocycles. The van der Waals surface area contributed by atoms with E-state index < -0.39 is 4.92 Å². The van der Waals surface area contributed by atoms with Crippen molar-refractivity contribution in [3.63, 3.8) is 0 Å². The van der Waals surface area contributed by atoms with Gasteiger partial charge in [0, 0.05) is 29.3 Å². The van der Waals surface area contributed by atoms with Crippen LogP contribution in [-0.4, -0.2) is 29.3 Å². The predicted octanol–water partition coefficient (Wildman–Crippen LogP) is 3.24. The first kappa shape index (κ1) is 15.6. The molecule has 1 rings (SSSR count). The number of allylic oxidation sites excluding steroid dienone is 1. The number of hydrogen-bond acceptors (Lipinski definition) is 3. The lowest BCUT2D eigenvalue weighted by Crippen LogP contribution is -2.28. The molecule has 6 heteroatoms. The second-order valence-corrected chi connectivity index (χ2v) is 5.24. The second-order valence-electron chi connectivity index (χ2n) is 4.08. The van der Waals surface area contributed by atoms with Crippen molar-refractivity contribution in [2.75, 3.05) is 13.6 Å². The van der Waals surface area contributed by atoms with Gasteiger partial charge in [0.15, 0.2) is 0 Å². The SMILES string of the molecule is C=CCCCN(C)C(=O)c1cc([N+](=O)[O-])ccc1I. The topological polar surface area (TPSA) is 63.5 Å². The summed E-state index contributed by atoms with van der Waals surface area (Å²) in [5.41, 5.74) is 0.305. The van der Waals surface area contributed by atoms with Crippen LogP contribution in [-0.2, 0) is 0 Å². The lowest BCUT2D eigenvalue weighted by Gasteiger charge is -2.17. The Morgan fingerprint density at radius 2 is 2.26 bits per heavy atom. The van der Waals surface area contributed by atoms with Gasteiger partial charge in [0.05, 0.1) is 10.5 Å². The van der Waals surface area contributed by atoms with Crippen LogP contribution in [0.5, 0.6) is 0 Å². The quantitative estimate of drug-likeness (QED) is 0.253. The fourth-order valence-corrected chi connectivity index (χ4v) is 2.14. The fourth-order valence-electron chi connectivity index (χ4n) is 1.57. The van der Waals surface area contributed by atoms with Crippen molar-refractivity contribution in [2.24, 2.45) is 0 Å². The molecule has 0 atom stereocenters. The van der Waals surface area contributed by atoms with Crippen LogP contribution in [0.1, 0.15) is 23.2 Å². The summed E-state index contributed by atoms with van der Waals surface area (Å²) in [7, 11) is 1.69. The number of carbonyl (C=O) groups excluding carboxylic acids is 1. The zero-order valence-corrected chi connectivity index (χ0v) is 12.8. The Morgan fingerprint density at radius 1 is 1.58 bits per heavy atom. The number of halogens is 1. The third kappa shape index (κ3) is 4.30. The third-order valence-electron chi connectivity index (χ3n) is 2.64. The Labute approximate surface area is 125 Å². The van der Waals surface area contributed by atoms with Crippen LogP contribution in [0.4, 0.5) is 5.69 Å². The Hall–Kier alpha value is -1.44. The van der Waals surface area contributed by atoms with Crippen LogP contribution in [0.15, 0.2) is 30.9 Å². The van der Waals surface area contributed by atoms with E-state index in [2.05, 4.69) is 6.58 Å². The molecule has 0 aliphatic rings. The molecule has 0 spiro atoms. The molecule has 0 aliphatic carbocycles. The maximum atomic E-state index is 12.2. The van der Waals surface area contributed by atoms with E-state index in [0.717, 1.165) is 12.8 Å². The van der Waals surface area contributed by atoms with Gasteiger partial charge in [-0.05, 0) is 41.5 Å². The summed E-state index contributed by atoms with van der Waals surface area (Å²) in [5.74, 6) is -0.197. The van der Waals surface area contributed by atoms with Gasteiger partial charge in [-0.1, -0.05) is 6.08 Å². The Balaban J connectivity index is 2.88. The molecule has 0 unspecified atom stereocenters. The van der Waals surface area contributed by atoms with E-state index in [9.17, 15) is 14.9 Å². The molecule has 0 saturated heterocycles. The summed E-state index contributed by atoms with van der Waals surface area (Å²) in [4.78, 5) is 24.0. The minimum Gasteiger partial charge on any atom is -0.342 e. The van der Waals surface area contributed by atoms with Crippen LogP contribution in [0, 0.1) is 13.7 Å². The molecule has 0 saturated carbocycles. The van der Waals surface area contributed by atoms with Gasteiger partial charge in [-0.15, -0.1) is 6.58 Å². The van der Waals surface area contributed by atoms with E-state index in [1.54, 1.807) is 24.1 Å². The lowest BCUT2D eigenvalue weighted by molar-refractivity contribution is -0.384. The fraction of sp³-hybridized carbons (Fsp3) is 0.308. The van der Waals surface area contributed by atoms with Gasteiger partial charge in [0.2, 0.25) is 0 Å². The molecule has 0 N–H and O–H groups in total. The summed E-state index contributed by atoms with van der Waals surface area (Å²) >= 11 is 2.01. The molecule has 1 aromatic rings. The average Bonchev–Trinajstić information content (AvgIpc) is 2.38. The average molecular weight is 374 g/mol. The van der Waals surface area contributed by atoms with E-state index in [4.69, 9.17) is 0 Å². The Kier molecular flexibility index (Phi) is 5.94. The van der Waals surface area contributed by atoms with Crippen molar-refractivity contribution in [1.29, 1.82) is 0 Å². The number of unbranched alkanes of at least 4 members (excludes halogenated alkanes) is 1. The maximum Gasteiger partial charge on any atom is 0.270 e. The monoisotopic (exact) mass is 374 g/mol. The molecular weight excluding hydrogens is 359 g/mol. The highest BCUT2D eigenvalue weighted by atomic mass is 127. The first-order chi connectivity index (χ1) is 8.97. The molecule has 5 nitrogen and oxygen atoms in total. The number of non-ortho nitro benzene ring substituents is 1. The number of nitrogens with zero attached hydrogens (tertiary/aromatic N) is 2. The van der Waals surface area contributed by atoms with Crippen molar-refractivity contribution < 1.29 is 9.72 Å². The van der Waals surface area contributed by atoms with E-state index in [1.807, 2.05) is 22.6 Å². The molecule has 0 bridgehead atoms. The van der Waals surface area contributed by atoms with Crippen LogP contribution in [0.2, 0.25) is 0 Å². The summed E-state index contributed by atoms with van der Waals surface area (Å²) < 4.78 is 0.712. The van der Waals surface area contributed by atoms with Gasteiger partial charge in [-0.2, -0.15) is 0 Å². The smallest absolute Gasteiger partial charge is 0.270 e. The minimum atomic E-state index is -0.495. The highest BCUT2D eigenvalue weighted by Crippen LogP contribution is 2.20. The highest BCUT2D eigenvalue weighted by molar-refractivity contribution is 14.1. The Bertz CT molecular complexity index is 503. The number of rotatable bonds is 6. The van der Waals surface area contributed by atoms with Gasteiger partial charge in [-0.25, -0.2) is 0 Å². The van der Waals surface area contributed by atoms with E-state index in [0.29, 0.717) is 15.7 Å². The van der Waals surface area contributed by atoms with Gasteiger partial charge in [-0.3, -0.25) is 14.9 Å². The summed E-state index contributed by atoms with van der Waals surface area (Å²) in [6.45, 7) is 4.23. The zero-order valence-electron chi connectivity index (χ0n) is 10.6. The van der Waals surface area contributed by atoms with Crippen molar-refractivity contribution in [2.45, 2.75) is 12.8 Å². The normalized spacial score (nSPS) is 10.0. The van der Waals surface area contributed by atoms with E-state index in [-0.39, 0.29) is 11.6 Å². The summed E-state index contributed by atoms with van der Waals surface area (Å²) in [6, 6.07) is 4.31. The molecule has 0 aromatic heterocycles. The number of carbonyl (C=O) groups is 1. The van der Waals surface area contributed by atoms with Crippen molar-refractivity contribution >= 4 is 34.2 Å². The molecule has 1 aromatic carbocycles. The molecular formula is C13H15IN2O3. The summed E-state index contributed by atoms with van der Waals surface area (Å²) in [5, 5.41) is 10.7. The highest BCUT2D eigenvalue weighted by Gasteiger charge is 2.18. The van der Waals surface area contributed by atoms with Crippen molar-refractivity contribution in [3.8, 4) is 0 Å². The van der Waals surface area contributed by atoms with Gasteiger partial charge < -0.3 is 4.90 Å². The van der Waals surface area contributed by atoms with E-state index in [1.165, 1.54) is 12.1 Å². The van der Waals surface area contributed by atoms with Crippen molar-refractivity contribution in [3.05, 3.63) is 50.1 Å². The largest absolute Gasteiger partial charge is 0.342 e. The van der Waals surface area contributed by atoms with Crippen LogP contribution < -0.4 is 0 Å².